The molecular formula is C23H25Cl2N3O. The summed E-state index contributed by atoms with van der Waals surface area (Å²) in [6, 6.07) is 6.26. The number of halogens is 2. The molecule has 4 nitrogen and oxygen atoms in total. The number of anilines is 1. The molecule has 6 heteroatoms. The highest BCUT2D eigenvalue weighted by atomic mass is 35.5. The van der Waals surface area contributed by atoms with Crippen molar-refractivity contribution in [3.05, 3.63) is 58.0 Å². The standard InChI is InChI=1S/C23H25Cl2N3O/c1-14-13-28(15(2)16-6-4-3-5-7-16)21-10-17(8-9-18(14)21)23(29)27-22-19(24)11-26-12-20(22)25/h8-13,15-16H,3-7H2,1-2H3,(H,26,27,29). The summed E-state index contributed by atoms with van der Waals surface area (Å²) >= 11 is 12.3. The Morgan fingerprint density at radius 1 is 1.17 bits per heavy atom. The van der Waals surface area contributed by atoms with Gasteiger partial charge >= 0.3 is 0 Å². The van der Waals surface area contributed by atoms with Crippen LogP contribution in [0.2, 0.25) is 10.0 Å². The van der Waals surface area contributed by atoms with Crippen molar-refractivity contribution in [1.29, 1.82) is 0 Å². The normalized spacial score (nSPS) is 16.1. The van der Waals surface area contributed by atoms with Gasteiger partial charge in [0.05, 0.1) is 15.7 Å². The van der Waals surface area contributed by atoms with Crippen molar-refractivity contribution in [2.24, 2.45) is 5.92 Å². The van der Waals surface area contributed by atoms with Crippen molar-refractivity contribution in [3.63, 3.8) is 0 Å². The van der Waals surface area contributed by atoms with Gasteiger partial charge < -0.3 is 9.88 Å². The number of rotatable bonds is 4. The van der Waals surface area contributed by atoms with Crippen LogP contribution in [0.1, 0.15) is 61.0 Å². The zero-order valence-electron chi connectivity index (χ0n) is 16.7. The van der Waals surface area contributed by atoms with Gasteiger partial charge in [-0.2, -0.15) is 0 Å². The first-order chi connectivity index (χ1) is 14.0. The van der Waals surface area contributed by atoms with Crippen LogP contribution >= 0.6 is 23.2 Å². The predicted octanol–water partition coefficient (Wildman–Crippen LogP) is 7.05. The van der Waals surface area contributed by atoms with Crippen LogP contribution in [0.5, 0.6) is 0 Å². The maximum Gasteiger partial charge on any atom is 0.255 e. The van der Waals surface area contributed by atoms with E-state index >= 15 is 0 Å². The summed E-state index contributed by atoms with van der Waals surface area (Å²) in [5, 5.41) is 4.64. The monoisotopic (exact) mass is 429 g/mol. The van der Waals surface area contributed by atoms with Gasteiger partial charge in [-0.05, 0) is 50.3 Å². The van der Waals surface area contributed by atoms with Crippen molar-refractivity contribution in [1.82, 2.24) is 9.55 Å². The van der Waals surface area contributed by atoms with Crippen LogP contribution in [0, 0.1) is 12.8 Å². The summed E-state index contributed by atoms with van der Waals surface area (Å²) in [7, 11) is 0. The lowest BCUT2D eigenvalue weighted by molar-refractivity contribution is 0.102. The maximum atomic E-state index is 12.9. The number of pyridine rings is 1. The highest BCUT2D eigenvalue weighted by molar-refractivity contribution is 6.39. The molecule has 0 saturated heterocycles. The molecular weight excluding hydrogens is 405 g/mol. The Labute approximate surface area is 181 Å². The minimum atomic E-state index is -0.238. The third kappa shape index (κ3) is 4.01. The molecule has 1 saturated carbocycles. The van der Waals surface area contributed by atoms with Gasteiger partial charge in [-0.1, -0.05) is 48.5 Å². The van der Waals surface area contributed by atoms with Crippen molar-refractivity contribution in [3.8, 4) is 0 Å². The first-order valence-electron chi connectivity index (χ1n) is 10.2. The molecule has 3 aromatic rings. The molecule has 1 unspecified atom stereocenters. The highest BCUT2D eigenvalue weighted by Crippen LogP contribution is 2.36. The van der Waals surface area contributed by atoms with Crippen LogP contribution in [-0.4, -0.2) is 15.5 Å². The van der Waals surface area contributed by atoms with Crippen LogP contribution in [0.15, 0.2) is 36.8 Å². The Hall–Kier alpha value is -2.04. The number of nitrogens with zero attached hydrogens (tertiary/aromatic N) is 2. The molecule has 1 N–H and O–H groups in total. The number of carbonyl (C=O) groups excluding carboxylic acids is 1. The van der Waals surface area contributed by atoms with Gasteiger partial charge in [-0.25, -0.2) is 0 Å². The molecule has 0 radical (unpaired) electrons. The molecule has 0 bridgehead atoms. The van der Waals surface area contributed by atoms with E-state index in [1.54, 1.807) is 0 Å². The molecule has 2 aromatic heterocycles. The molecule has 2 heterocycles. The van der Waals surface area contributed by atoms with E-state index in [-0.39, 0.29) is 5.91 Å². The van der Waals surface area contributed by atoms with Gasteiger partial charge in [-0.3, -0.25) is 9.78 Å². The summed E-state index contributed by atoms with van der Waals surface area (Å²) in [6.45, 7) is 4.43. The minimum Gasteiger partial charge on any atom is -0.344 e. The molecule has 0 aliphatic heterocycles. The lowest BCUT2D eigenvalue weighted by Crippen LogP contribution is -2.19. The van der Waals surface area contributed by atoms with E-state index in [9.17, 15) is 4.79 Å². The van der Waals surface area contributed by atoms with Crippen molar-refractivity contribution >= 4 is 45.7 Å². The number of fused-ring (bicyclic) bond motifs is 1. The summed E-state index contributed by atoms with van der Waals surface area (Å²) in [4.78, 5) is 16.8. The molecule has 0 spiro atoms. The highest BCUT2D eigenvalue weighted by Gasteiger charge is 2.23. The SMILES string of the molecule is Cc1cn(C(C)C2CCCCC2)c2cc(C(=O)Nc3c(Cl)cncc3Cl)ccc12. The van der Waals surface area contributed by atoms with Gasteiger partial charge in [0.15, 0.2) is 0 Å². The Morgan fingerprint density at radius 2 is 1.86 bits per heavy atom. The van der Waals surface area contributed by atoms with Gasteiger partial charge in [-0.15, -0.1) is 0 Å². The maximum absolute atomic E-state index is 12.9. The smallest absolute Gasteiger partial charge is 0.255 e. The lowest BCUT2D eigenvalue weighted by atomic mass is 9.84. The number of amides is 1. The van der Waals surface area contributed by atoms with E-state index in [1.165, 1.54) is 55.4 Å². The van der Waals surface area contributed by atoms with E-state index in [0.29, 0.717) is 33.3 Å². The van der Waals surface area contributed by atoms with Gasteiger partial charge in [0.1, 0.15) is 0 Å². The second-order valence-corrected chi connectivity index (χ2v) is 8.84. The Balaban J connectivity index is 1.67. The molecule has 1 aliphatic carbocycles. The van der Waals surface area contributed by atoms with Crippen LogP contribution in [0.25, 0.3) is 10.9 Å². The number of benzene rings is 1. The quantitative estimate of drug-likeness (QED) is 0.482. The van der Waals surface area contributed by atoms with E-state index in [0.717, 1.165) is 5.52 Å². The zero-order valence-corrected chi connectivity index (χ0v) is 18.2. The van der Waals surface area contributed by atoms with Crippen LogP contribution in [0.3, 0.4) is 0 Å². The molecule has 1 amide bonds. The van der Waals surface area contributed by atoms with Gasteiger partial charge in [0.2, 0.25) is 0 Å². The third-order valence-electron chi connectivity index (χ3n) is 6.16. The minimum absolute atomic E-state index is 0.238. The van der Waals surface area contributed by atoms with E-state index in [1.807, 2.05) is 18.2 Å². The number of nitrogens with one attached hydrogen (secondary N) is 1. The third-order valence-corrected chi connectivity index (χ3v) is 6.73. The predicted molar refractivity (Wildman–Crippen MR) is 120 cm³/mol. The fraction of sp³-hybridized carbons (Fsp3) is 0.391. The first kappa shape index (κ1) is 20.2. The summed E-state index contributed by atoms with van der Waals surface area (Å²) < 4.78 is 2.35. The second kappa shape index (κ2) is 8.37. The molecule has 1 aromatic carbocycles. The zero-order chi connectivity index (χ0) is 20.5. The van der Waals surface area contributed by atoms with E-state index in [2.05, 4.69) is 34.9 Å². The largest absolute Gasteiger partial charge is 0.344 e. The number of hydrogen-bond acceptors (Lipinski definition) is 2. The second-order valence-electron chi connectivity index (χ2n) is 8.02. The first-order valence-corrected chi connectivity index (χ1v) is 10.9. The fourth-order valence-corrected chi connectivity index (χ4v) is 4.92. The van der Waals surface area contributed by atoms with Crippen LogP contribution in [-0.2, 0) is 0 Å². The van der Waals surface area contributed by atoms with Crippen molar-refractivity contribution in [2.45, 2.75) is 52.0 Å². The molecule has 152 valence electrons. The molecule has 4 rings (SSSR count). The van der Waals surface area contributed by atoms with Crippen molar-refractivity contribution < 1.29 is 4.79 Å². The lowest BCUT2D eigenvalue weighted by Gasteiger charge is -2.29. The fourth-order valence-electron chi connectivity index (χ4n) is 4.46. The summed E-state index contributed by atoms with van der Waals surface area (Å²) in [5.41, 5.74) is 3.29. The van der Waals surface area contributed by atoms with Crippen LogP contribution < -0.4 is 5.32 Å². The van der Waals surface area contributed by atoms with E-state index < -0.39 is 0 Å². The summed E-state index contributed by atoms with van der Waals surface area (Å²) in [5.74, 6) is 0.447. The molecule has 29 heavy (non-hydrogen) atoms. The number of aryl methyl sites for hydroxylation is 1. The number of hydrogen-bond donors (Lipinski definition) is 1. The number of aromatic nitrogens is 2. The average Bonchev–Trinajstić information content (AvgIpc) is 3.07. The Bertz CT molecular complexity index is 1030. The topological polar surface area (TPSA) is 46.9 Å². The summed E-state index contributed by atoms with van der Waals surface area (Å²) in [6.07, 6.45) is 11.7. The van der Waals surface area contributed by atoms with Gasteiger partial charge in [0.25, 0.3) is 5.91 Å². The molecule has 1 aliphatic rings. The van der Waals surface area contributed by atoms with Gasteiger partial charge in [0, 0.05) is 41.1 Å². The Kier molecular flexibility index (Phi) is 5.84. The van der Waals surface area contributed by atoms with Crippen LogP contribution in [0.4, 0.5) is 5.69 Å². The Morgan fingerprint density at radius 3 is 2.55 bits per heavy atom. The number of carbonyl (C=O) groups is 1. The molecule has 1 fully saturated rings. The molecule has 1 atom stereocenters. The van der Waals surface area contributed by atoms with Crippen molar-refractivity contribution in [2.75, 3.05) is 5.32 Å². The average molecular weight is 430 g/mol. The van der Waals surface area contributed by atoms with E-state index in [4.69, 9.17) is 23.2 Å².